The van der Waals surface area contributed by atoms with Crippen LogP contribution >= 0.6 is 0 Å². The van der Waals surface area contributed by atoms with E-state index in [1.165, 1.54) is 7.11 Å². The Morgan fingerprint density at radius 2 is 1.86 bits per heavy atom. The summed E-state index contributed by atoms with van der Waals surface area (Å²) in [5.41, 5.74) is -0.0618. The maximum absolute atomic E-state index is 11.4. The van der Waals surface area contributed by atoms with Crippen LogP contribution in [0.2, 0.25) is 0 Å². The zero-order valence-electron chi connectivity index (χ0n) is 10.2. The van der Waals surface area contributed by atoms with Crippen LogP contribution < -0.4 is 5.32 Å². The third kappa shape index (κ3) is 5.97. The van der Waals surface area contributed by atoms with E-state index in [2.05, 4.69) is 19.2 Å². The van der Waals surface area contributed by atoms with Crippen LogP contribution in [0.3, 0.4) is 0 Å². The van der Waals surface area contributed by atoms with Gasteiger partial charge in [-0.2, -0.15) is 0 Å². The fraction of sp³-hybridized carbons (Fsp3) is 0.909. The Kier molecular flexibility index (Phi) is 5.13. The molecule has 3 nitrogen and oxygen atoms in total. The van der Waals surface area contributed by atoms with Crippen LogP contribution in [0.15, 0.2) is 0 Å². The predicted octanol–water partition coefficient (Wildman–Crippen LogP) is 1.96. The molecule has 0 amide bonds. The number of esters is 1. The third-order valence-corrected chi connectivity index (χ3v) is 1.80. The number of rotatable bonds is 4. The lowest BCUT2D eigenvalue weighted by atomic mass is 10.00. The van der Waals surface area contributed by atoms with Crippen molar-refractivity contribution in [3.63, 3.8) is 0 Å². The first-order chi connectivity index (χ1) is 6.26. The number of methoxy groups -OCH3 is 1. The molecule has 84 valence electrons. The fourth-order valence-corrected chi connectivity index (χ4v) is 1.35. The standard InChI is InChI=1S/C11H23NO2/c1-8(2)7-9(10(13)14-6)12-11(3,4)5/h8-9,12H,7H2,1-6H3/t9-/m0/s1. The van der Waals surface area contributed by atoms with Gasteiger partial charge >= 0.3 is 5.97 Å². The Balaban J connectivity index is 4.33. The molecule has 0 saturated carbocycles. The summed E-state index contributed by atoms with van der Waals surface area (Å²) in [6.07, 6.45) is 0.809. The van der Waals surface area contributed by atoms with Crippen molar-refractivity contribution in [3.05, 3.63) is 0 Å². The van der Waals surface area contributed by atoms with Gasteiger partial charge in [-0.15, -0.1) is 0 Å². The zero-order valence-corrected chi connectivity index (χ0v) is 10.2. The van der Waals surface area contributed by atoms with E-state index < -0.39 is 0 Å². The topological polar surface area (TPSA) is 38.3 Å². The van der Waals surface area contributed by atoms with Gasteiger partial charge in [-0.05, 0) is 33.1 Å². The second-order valence-electron chi connectivity index (χ2n) is 5.10. The molecule has 1 N–H and O–H groups in total. The van der Waals surface area contributed by atoms with Crippen molar-refractivity contribution in [2.45, 2.75) is 52.6 Å². The van der Waals surface area contributed by atoms with Crippen molar-refractivity contribution in [2.24, 2.45) is 5.92 Å². The molecule has 14 heavy (non-hydrogen) atoms. The number of nitrogens with one attached hydrogen (secondary N) is 1. The Bertz CT molecular complexity index is 182. The molecule has 0 radical (unpaired) electrons. The van der Waals surface area contributed by atoms with Crippen LogP contribution in [0.4, 0.5) is 0 Å². The van der Waals surface area contributed by atoms with Crippen LogP contribution in [0, 0.1) is 5.92 Å². The molecule has 0 bridgehead atoms. The van der Waals surface area contributed by atoms with Crippen molar-refractivity contribution >= 4 is 5.97 Å². The Labute approximate surface area is 87.2 Å². The molecule has 0 aromatic heterocycles. The van der Waals surface area contributed by atoms with E-state index in [1.54, 1.807) is 0 Å². The van der Waals surface area contributed by atoms with E-state index in [4.69, 9.17) is 4.74 Å². The summed E-state index contributed by atoms with van der Waals surface area (Å²) in [6, 6.07) is -0.194. The minimum atomic E-state index is -0.194. The summed E-state index contributed by atoms with van der Waals surface area (Å²) in [6.45, 7) is 10.3. The summed E-state index contributed by atoms with van der Waals surface area (Å²) in [4.78, 5) is 11.4. The van der Waals surface area contributed by atoms with Gasteiger partial charge in [0.2, 0.25) is 0 Å². The van der Waals surface area contributed by atoms with Crippen molar-refractivity contribution in [2.75, 3.05) is 7.11 Å². The molecule has 3 heteroatoms. The van der Waals surface area contributed by atoms with Crippen molar-refractivity contribution in [1.82, 2.24) is 5.32 Å². The van der Waals surface area contributed by atoms with Crippen LogP contribution in [-0.4, -0.2) is 24.7 Å². The first kappa shape index (κ1) is 13.4. The lowest BCUT2D eigenvalue weighted by Crippen LogP contribution is -2.48. The van der Waals surface area contributed by atoms with Crippen LogP contribution in [0.5, 0.6) is 0 Å². The molecule has 0 aliphatic rings. The lowest BCUT2D eigenvalue weighted by molar-refractivity contribution is -0.144. The van der Waals surface area contributed by atoms with E-state index >= 15 is 0 Å². The van der Waals surface area contributed by atoms with Gasteiger partial charge in [0.15, 0.2) is 0 Å². The molecule has 0 spiro atoms. The average molecular weight is 201 g/mol. The van der Waals surface area contributed by atoms with Gasteiger partial charge < -0.3 is 4.74 Å². The highest BCUT2D eigenvalue weighted by atomic mass is 16.5. The van der Waals surface area contributed by atoms with Gasteiger partial charge in [-0.1, -0.05) is 13.8 Å². The van der Waals surface area contributed by atoms with Gasteiger partial charge in [-0.3, -0.25) is 10.1 Å². The highest BCUT2D eigenvalue weighted by Gasteiger charge is 2.24. The minimum absolute atomic E-state index is 0.0618. The summed E-state index contributed by atoms with van der Waals surface area (Å²) in [7, 11) is 1.43. The number of carbonyl (C=O) groups is 1. The largest absolute Gasteiger partial charge is 0.468 e. The Morgan fingerprint density at radius 1 is 1.36 bits per heavy atom. The molecular formula is C11H23NO2. The number of hydrogen-bond acceptors (Lipinski definition) is 3. The van der Waals surface area contributed by atoms with Gasteiger partial charge in [-0.25, -0.2) is 0 Å². The average Bonchev–Trinajstić information content (AvgIpc) is 1.98. The lowest BCUT2D eigenvalue weighted by Gasteiger charge is -2.27. The van der Waals surface area contributed by atoms with Gasteiger partial charge in [0.05, 0.1) is 7.11 Å². The van der Waals surface area contributed by atoms with E-state index in [-0.39, 0.29) is 17.6 Å². The predicted molar refractivity (Wildman–Crippen MR) is 58.1 cm³/mol. The normalized spacial score (nSPS) is 14.2. The molecule has 1 atom stereocenters. The summed E-state index contributed by atoms with van der Waals surface area (Å²) < 4.78 is 4.76. The molecule has 0 rings (SSSR count). The molecule has 0 aliphatic heterocycles. The van der Waals surface area contributed by atoms with Crippen molar-refractivity contribution in [3.8, 4) is 0 Å². The van der Waals surface area contributed by atoms with E-state index in [0.717, 1.165) is 6.42 Å². The Morgan fingerprint density at radius 3 is 2.14 bits per heavy atom. The SMILES string of the molecule is COC(=O)[C@H](CC(C)C)NC(C)(C)C. The smallest absolute Gasteiger partial charge is 0.322 e. The highest BCUT2D eigenvalue weighted by Crippen LogP contribution is 2.10. The van der Waals surface area contributed by atoms with Crippen LogP contribution in [0.25, 0.3) is 0 Å². The first-order valence-corrected chi connectivity index (χ1v) is 5.12. The molecule has 0 aromatic carbocycles. The first-order valence-electron chi connectivity index (χ1n) is 5.12. The summed E-state index contributed by atoms with van der Waals surface area (Å²) in [5, 5.41) is 3.26. The second-order valence-corrected chi connectivity index (χ2v) is 5.10. The van der Waals surface area contributed by atoms with E-state index in [9.17, 15) is 4.79 Å². The van der Waals surface area contributed by atoms with E-state index in [1.807, 2.05) is 20.8 Å². The molecule has 0 saturated heterocycles. The number of carbonyl (C=O) groups excluding carboxylic acids is 1. The monoisotopic (exact) mass is 201 g/mol. The molecular weight excluding hydrogens is 178 g/mol. The van der Waals surface area contributed by atoms with Gasteiger partial charge in [0, 0.05) is 5.54 Å². The second kappa shape index (κ2) is 5.35. The third-order valence-electron chi connectivity index (χ3n) is 1.80. The molecule has 0 fully saturated rings. The van der Waals surface area contributed by atoms with Gasteiger partial charge in [0.1, 0.15) is 6.04 Å². The molecule has 0 heterocycles. The highest BCUT2D eigenvalue weighted by molar-refractivity contribution is 5.75. The summed E-state index contributed by atoms with van der Waals surface area (Å²) >= 11 is 0. The summed E-state index contributed by atoms with van der Waals surface area (Å²) in [5.74, 6) is 0.308. The fourth-order valence-electron chi connectivity index (χ4n) is 1.35. The zero-order chi connectivity index (χ0) is 11.4. The van der Waals surface area contributed by atoms with Crippen LogP contribution in [-0.2, 0) is 9.53 Å². The minimum Gasteiger partial charge on any atom is -0.468 e. The number of hydrogen-bond donors (Lipinski definition) is 1. The van der Waals surface area contributed by atoms with Gasteiger partial charge in [0.25, 0.3) is 0 Å². The van der Waals surface area contributed by atoms with Crippen molar-refractivity contribution in [1.29, 1.82) is 0 Å². The van der Waals surface area contributed by atoms with Crippen LogP contribution in [0.1, 0.15) is 41.0 Å². The molecule has 0 unspecified atom stereocenters. The Hall–Kier alpha value is -0.570. The van der Waals surface area contributed by atoms with Crippen molar-refractivity contribution < 1.29 is 9.53 Å². The molecule has 0 aromatic rings. The molecule has 0 aliphatic carbocycles. The maximum atomic E-state index is 11.4. The quantitative estimate of drug-likeness (QED) is 0.707. The van der Waals surface area contributed by atoms with E-state index in [0.29, 0.717) is 5.92 Å². The maximum Gasteiger partial charge on any atom is 0.322 e. The number of ether oxygens (including phenoxy) is 1.